The van der Waals surface area contributed by atoms with E-state index in [2.05, 4.69) is 27.8 Å². The number of carbonyl (C=O) groups excluding carboxylic acids is 1. The lowest BCUT2D eigenvalue weighted by Crippen LogP contribution is -2.34. The van der Waals surface area contributed by atoms with Gasteiger partial charge in [-0.25, -0.2) is 0 Å². The van der Waals surface area contributed by atoms with Crippen LogP contribution in [-0.4, -0.2) is 27.8 Å². The zero-order valence-corrected chi connectivity index (χ0v) is 16.7. The molecule has 0 fully saturated rings. The average molecular weight is 393 g/mol. The third-order valence-corrected chi connectivity index (χ3v) is 4.79. The van der Waals surface area contributed by atoms with Crippen LogP contribution in [0.25, 0.3) is 0 Å². The summed E-state index contributed by atoms with van der Waals surface area (Å²) in [6, 6.07) is 7.03. The number of hydrogen-bond acceptors (Lipinski definition) is 6. The normalized spacial score (nSPS) is 10.4. The average Bonchev–Trinajstić information content (AvgIpc) is 3.09. The van der Waals surface area contributed by atoms with Gasteiger partial charge in [0.25, 0.3) is 5.91 Å². The predicted octanol–water partition coefficient (Wildman–Crippen LogP) is 4.19. The molecule has 1 amide bonds. The van der Waals surface area contributed by atoms with E-state index in [4.69, 9.17) is 17.0 Å². The van der Waals surface area contributed by atoms with Gasteiger partial charge >= 0.3 is 0 Å². The lowest BCUT2D eigenvalue weighted by atomic mass is 10.2. The second kappa shape index (κ2) is 10.8. The highest BCUT2D eigenvalue weighted by Gasteiger charge is 2.10. The predicted molar refractivity (Wildman–Crippen MR) is 109 cm³/mol. The number of unbranched alkanes of at least 4 members (excludes halogenated alkanes) is 3. The molecule has 0 aliphatic carbocycles. The Labute approximate surface area is 163 Å². The Morgan fingerprint density at radius 2 is 1.92 bits per heavy atom. The molecule has 2 rings (SSSR count). The van der Waals surface area contributed by atoms with E-state index >= 15 is 0 Å². The maximum Gasteiger partial charge on any atom is 0.257 e. The summed E-state index contributed by atoms with van der Waals surface area (Å²) in [5.41, 5.74) is 0.513. The van der Waals surface area contributed by atoms with Crippen molar-refractivity contribution in [1.82, 2.24) is 15.5 Å². The number of hydrogen-bond donors (Lipinski definition) is 2. The molecule has 26 heavy (non-hydrogen) atoms. The number of amides is 1. The fourth-order valence-electron chi connectivity index (χ4n) is 2.17. The SMILES string of the molecule is CCCCCCOc1ccc(C(=O)NC(=S)Nc2nnc(CC)s2)cc1. The van der Waals surface area contributed by atoms with Crippen molar-refractivity contribution in [2.24, 2.45) is 0 Å². The molecule has 0 unspecified atom stereocenters. The van der Waals surface area contributed by atoms with Gasteiger partial charge < -0.3 is 10.1 Å². The molecule has 1 heterocycles. The summed E-state index contributed by atoms with van der Waals surface area (Å²) in [5.74, 6) is 0.483. The minimum Gasteiger partial charge on any atom is -0.494 e. The zero-order valence-electron chi connectivity index (χ0n) is 15.1. The van der Waals surface area contributed by atoms with Crippen LogP contribution in [-0.2, 0) is 6.42 Å². The maximum atomic E-state index is 12.2. The van der Waals surface area contributed by atoms with E-state index in [-0.39, 0.29) is 11.0 Å². The van der Waals surface area contributed by atoms with Gasteiger partial charge in [0.1, 0.15) is 10.8 Å². The van der Waals surface area contributed by atoms with Crippen molar-refractivity contribution in [2.45, 2.75) is 46.0 Å². The third kappa shape index (κ3) is 6.68. The highest BCUT2D eigenvalue weighted by molar-refractivity contribution is 7.80. The van der Waals surface area contributed by atoms with Crippen LogP contribution < -0.4 is 15.4 Å². The number of aromatic nitrogens is 2. The molecule has 0 atom stereocenters. The molecule has 6 nitrogen and oxygen atoms in total. The lowest BCUT2D eigenvalue weighted by Gasteiger charge is -2.08. The number of thiocarbonyl (C=S) groups is 1. The largest absolute Gasteiger partial charge is 0.494 e. The fourth-order valence-corrected chi connectivity index (χ4v) is 3.11. The smallest absolute Gasteiger partial charge is 0.257 e. The number of aryl methyl sites for hydroxylation is 1. The van der Waals surface area contributed by atoms with E-state index < -0.39 is 0 Å². The van der Waals surface area contributed by atoms with Crippen molar-refractivity contribution in [3.05, 3.63) is 34.8 Å². The van der Waals surface area contributed by atoms with Crippen molar-refractivity contribution in [2.75, 3.05) is 11.9 Å². The third-order valence-electron chi connectivity index (χ3n) is 3.60. The van der Waals surface area contributed by atoms with Crippen LogP contribution in [0.4, 0.5) is 5.13 Å². The minimum absolute atomic E-state index is 0.199. The number of carbonyl (C=O) groups is 1. The molecule has 0 aliphatic rings. The Morgan fingerprint density at radius 1 is 1.15 bits per heavy atom. The molecule has 1 aromatic carbocycles. The van der Waals surface area contributed by atoms with Gasteiger partial charge in [-0.05, 0) is 49.3 Å². The first-order valence-corrected chi connectivity index (χ1v) is 10.0. The van der Waals surface area contributed by atoms with Gasteiger partial charge in [0, 0.05) is 5.56 Å². The van der Waals surface area contributed by atoms with Gasteiger partial charge in [-0.15, -0.1) is 10.2 Å². The number of benzene rings is 1. The second-order valence-electron chi connectivity index (χ2n) is 5.70. The molecule has 0 aliphatic heterocycles. The van der Waals surface area contributed by atoms with Gasteiger partial charge in [0.2, 0.25) is 5.13 Å². The van der Waals surface area contributed by atoms with Crippen molar-refractivity contribution in [3.8, 4) is 5.75 Å². The Morgan fingerprint density at radius 3 is 2.58 bits per heavy atom. The minimum atomic E-state index is -0.280. The number of rotatable bonds is 9. The van der Waals surface area contributed by atoms with Crippen LogP contribution in [0.3, 0.4) is 0 Å². The number of nitrogens with zero attached hydrogens (tertiary/aromatic N) is 2. The van der Waals surface area contributed by atoms with Crippen molar-refractivity contribution in [1.29, 1.82) is 0 Å². The molecular weight excluding hydrogens is 368 g/mol. The summed E-state index contributed by atoms with van der Waals surface area (Å²) in [4.78, 5) is 12.2. The van der Waals surface area contributed by atoms with Crippen molar-refractivity contribution >= 4 is 39.7 Å². The Kier molecular flexibility index (Phi) is 8.43. The maximum absolute atomic E-state index is 12.2. The molecule has 0 saturated carbocycles. The van der Waals surface area contributed by atoms with Gasteiger partial charge in [-0.2, -0.15) is 0 Å². The lowest BCUT2D eigenvalue weighted by molar-refractivity contribution is 0.0977. The molecular formula is C18H24N4O2S2. The van der Waals surface area contributed by atoms with Gasteiger partial charge in [-0.3, -0.25) is 10.1 Å². The van der Waals surface area contributed by atoms with Crippen LogP contribution in [0.1, 0.15) is 54.9 Å². The molecule has 1 aromatic heterocycles. The van der Waals surface area contributed by atoms with Crippen LogP contribution in [0.5, 0.6) is 5.75 Å². The van der Waals surface area contributed by atoms with Crippen molar-refractivity contribution in [3.63, 3.8) is 0 Å². The van der Waals surface area contributed by atoms with Crippen LogP contribution in [0.15, 0.2) is 24.3 Å². The van der Waals surface area contributed by atoms with E-state index in [9.17, 15) is 4.79 Å². The first-order chi connectivity index (χ1) is 12.6. The fraction of sp³-hybridized carbons (Fsp3) is 0.444. The topological polar surface area (TPSA) is 76.1 Å². The summed E-state index contributed by atoms with van der Waals surface area (Å²) in [5, 5.41) is 15.2. The molecule has 2 N–H and O–H groups in total. The second-order valence-corrected chi connectivity index (χ2v) is 7.17. The van der Waals surface area contributed by atoms with Gasteiger partial charge in [-0.1, -0.05) is 44.4 Å². The van der Waals surface area contributed by atoms with E-state index in [1.807, 2.05) is 6.92 Å². The van der Waals surface area contributed by atoms with Gasteiger partial charge in [0.15, 0.2) is 5.11 Å². The standard InChI is InChI=1S/C18H24N4O2S2/c1-3-5-6-7-12-24-14-10-8-13(9-11-14)16(23)19-17(25)20-18-22-21-15(4-2)26-18/h8-11H,3-7,12H2,1-2H3,(H2,19,20,22,23,25). The number of nitrogens with one attached hydrogen (secondary N) is 2. The summed E-state index contributed by atoms with van der Waals surface area (Å²) in [6.45, 7) is 4.88. The molecule has 8 heteroatoms. The number of ether oxygens (including phenoxy) is 1. The van der Waals surface area contributed by atoms with E-state index in [0.717, 1.165) is 23.6 Å². The van der Waals surface area contributed by atoms with Crippen LogP contribution >= 0.6 is 23.6 Å². The van der Waals surface area contributed by atoms with Crippen molar-refractivity contribution < 1.29 is 9.53 Å². The summed E-state index contributed by atoms with van der Waals surface area (Å²) >= 11 is 6.56. The number of anilines is 1. The van der Waals surface area contributed by atoms with Gasteiger partial charge in [0.05, 0.1) is 6.61 Å². The molecule has 0 spiro atoms. The zero-order chi connectivity index (χ0) is 18.8. The first-order valence-electron chi connectivity index (χ1n) is 8.80. The highest BCUT2D eigenvalue weighted by Crippen LogP contribution is 2.16. The molecule has 0 saturated heterocycles. The van der Waals surface area contributed by atoms with Crippen LogP contribution in [0.2, 0.25) is 0 Å². The summed E-state index contributed by atoms with van der Waals surface area (Å²) < 4.78 is 5.68. The Balaban J connectivity index is 1.78. The Hall–Kier alpha value is -2.06. The van der Waals surface area contributed by atoms with E-state index in [1.165, 1.54) is 30.6 Å². The highest BCUT2D eigenvalue weighted by atomic mass is 32.1. The summed E-state index contributed by atoms with van der Waals surface area (Å²) in [7, 11) is 0. The van der Waals surface area contributed by atoms with E-state index in [1.54, 1.807) is 24.3 Å². The first kappa shape index (κ1) is 20.3. The molecule has 140 valence electrons. The molecule has 0 radical (unpaired) electrons. The van der Waals surface area contributed by atoms with E-state index in [0.29, 0.717) is 17.3 Å². The monoisotopic (exact) mass is 392 g/mol. The molecule has 0 bridgehead atoms. The Bertz CT molecular complexity index is 716. The molecule has 2 aromatic rings. The quantitative estimate of drug-likeness (QED) is 0.492. The van der Waals surface area contributed by atoms with Crippen LogP contribution in [0, 0.1) is 0 Å². The summed E-state index contributed by atoms with van der Waals surface area (Å²) in [6.07, 6.45) is 5.47.